The maximum absolute atomic E-state index is 12.3. The minimum Gasteiger partial charge on any atom is -0.619 e. The van der Waals surface area contributed by atoms with E-state index in [1.54, 1.807) is 42.5 Å². The molecular formula is C15H8ClN2NaO2. The van der Waals surface area contributed by atoms with Crippen LogP contribution in [0.2, 0.25) is 5.02 Å². The molecule has 1 heterocycles. The van der Waals surface area contributed by atoms with E-state index in [4.69, 9.17) is 11.6 Å². The summed E-state index contributed by atoms with van der Waals surface area (Å²) in [6, 6.07) is 13.3. The maximum Gasteiger partial charge on any atom is 1.00 e. The fraction of sp³-hybridized carbons (Fsp3) is 0. The maximum atomic E-state index is 12.3. The molecule has 98 valence electrons. The average Bonchev–Trinajstić information content (AvgIpc) is 2.46. The van der Waals surface area contributed by atoms with E-state index in [9.17, 15) is 9.59 Å². The predicted octanol–water partition coefficient (Wildman–Crippen LogP) is -0.559. The minimum absolute atomic E-state index is 0. The van der Waals surface area contributed by atoms with Crippen LogP contribution in [0.15, 0.2) is 53.3 Å². The second-order valence-corrected chi connectivity index (χ2v) is 4.64. The zero-order valence-corrected chi connectivity index (χ0v) is 14.0. The standard InChI is InChI=1S/C15H9ClN2O2.Na/c16-10-5-3-4-9(8-10)14(19)13-15(20)18-12-7-2-1-6-11(12)17-13;/h1-8H,(H,18,19,20);/q;+1/p-1. The van der Waals surface area contributed by atoms with Crippen molar-refractivity contribution in [3.05, 3.63) is 75.2 Å². The van der Waals surface area contributed by atoms with Gasteiger partial charge in [-0.15, -0.1) is 5.52 Å². The van der Waals surface area contributed by atoms with Crippen LogP contribution in [0.5, 0.6) is 0 Å². The summed E-state index contributed by atoms with van der Waals surface area (Å²) in [7, 11) is 0. The Labute approximate surface area is 147 Å². The Balaban J connectivity index is 0.00000161. The third kappa shape index (κ3) is 3.24. The molecule has 0 spiro atoms. The zero-order chi connectivity index (χ0) is 14.1. The number of aromatic nitrogens is 2. The molecule has 3 rings (SSSR count). The number of ketones is 1. The van der Waals surface area contributed by atoms with Gasteiger partial charge in [-0.25, -0.2) is 4.98 Å². The largest absolute Gasteiger partial charge is 1.00 e. The molecule has 0 radical (unpaired) electrons. The molecule has 0 aliphatic carbocycles. The molecule has 0 saturated heterocycles. The summed E-state index contributed by atoms with van der Waals surface area (Å²) in [4.78, 5) is 32.2. The third-order valence-corrected chi connectivity index (χ3v) is 3.08. The van der Waals surface area contributed by atoms with Crippen LogP contribution in [0, 0.1) is 0 Å². The number of halogens is 1. The second-order valence-electron chi connectivity index (χ2n) is 4.21. The van der Waals surface area contributed by atoms with Crippen molar-refractivity contribution in [2.75, 3.05) is 0 Å². The van der Waals surface area contributed by atoms with Gasteiger partial charge in [-0.3, -0.25) is 4.79 Å². The molecular weight excluding hydrogens is 299 g/mol. The zero-order valence-electron chi connectivity index (χ0n) is 11.2. The summed E-state index contributed by atoms with van der Waals surface area (Å²) in [6.45, 7) is 0. The van der Waals surface area contributed by atoms with Crippen molar-refractivity contribution in [3.8, 4) is 0 Å². The second kappa shape index (κ2) is 6.54. The van der Waals surface area contributed by atoms with Gasteiger partial charge < -0.3 is 9.78 Å². The van der Waals surface area contributed by atoms with E-state index in [0.29, 0.717) is 21.6 Å². The molecule has 0 saturated carbocycles. The van der Waals surface area contributed by atoms with Crippen molar-refractivity contribution in [2.45, 2.75) is 0 Å². The number of hydrogen-bond donors (Lipinski definition) is 0. The van der Waals surface area contributed by atoms with Gasteiger partial charge in [0.2, 0.25) is 5.78 Å². The van der Waals surface area contributed by atoms with Crippen LogP contribution in [-0.2, 0) is 0 Å². The number of hydrogen-bond acceptors (Lipinski definition) is 3. The van der Waals surface area contributed by atoms with Crippen LogP contribution in [0.4, 0.5) is 0 Å². The van der Waals surface area contributed by atoms with Crippen molar-refractivity contribution in [3.63, 3.8) is 0 Å². The fourth-order valence-corrected chi connectivity index (χ4v) is 2.09. The van der Waals surface area contributed by atoms with E-state index in [2.05, 4.69) is 9.97 Å². The normalized spacial score (nSPS) is 10.1. The molecule has 0 amide bonds. The first-order valence-corrected chi connectivity index (χ1v) is 6.27. The van der Waals surface area contributed by atoms with Gasteiger partial charge in [0.05, 0.1) is 0 Å². The smallest absolute Gasteiger partial charge is 0.619 e. The molecule has 1 aromatic heterocycles. The molecule has 6 heteroatoms. The van der Waals surface area contributed by atoms with Crippen LogP contribution in [-0.4, -0.2) is 10.8 Å². The van der Waals surface area contributed by atoms with Crippen LogP contribution in [0.1, 0.15) is 16.1 Å². The molecule has 0 fully saturated rings. The van der Waals surface area contributed by atoms with Crippen LogP contribution >= 0.6 is 11.6 Å². The fourth-order valence-electron chi connectivity index (χ4n) is 1.90. The van der Waals surface area contributed by atoms with Gasteiger partial charge in [0.15, 0.2) is 0 Å². The number of nitrogens with zero attached hydrogens (tertiary/aromatic N) is 2. The Bertz CT molecular complexity index is 877. The van der Waals surface area contributed by atoms with Crippen molar-refractivity contribution in [1.82, 2.24) is 9.97 Å². The number of benzene rings is 2. The first-order chi connectivity index (χ1) is 9.65. The van der Waals surface area contributed by atoms with Gasteiger partial charge >= 0.3 is 29.6 Å². The SMILES string of the molecule is O=C(c1cccc(Cl)c1)c1nc2ccccc2[n-]c1=O.[Na+]. The van der Waals surface area contributed by atoms with Gasteiger partial charge in [-0.1, -0.05) is 41.9 Å². The molecule has 21 heavy (non-hydrogen) atoms. The first kappa shape index (κ1) is 15.9. The van der Waals surface area contributed by atoms with Gasteiger partial charge in [-0.05, 0) is 18.2 Å². The Morgan fingerprint density at radius 1 is 1.10 bits per heavy atom. The number of fused-ring (bicyclic) bond motifs is 1. The Kier molecular flexibility index (Phi) is 4.96. The first-order valence-electron chi connectivity index (χ1n) is 5.89. The Morgan fingerprint density at radius 2 is 1.86 bits per heavy atom. The molecule has 0 bridgehead atoms. The molecule has 3 aromatic rings. The molecule has 2 aromatic carbocycles. The number of para-hydroxylation sites is 2. The summed E-state index contributed by atoms with van der Waals surface area (Å²) < 4.78 is 0. The van der Waals surface area contributed by atoms with Crippen molar-refractivity contribution in [2.24, 2.45) is 0 Å². The van der Waals surface area contributed by atoms with E-state index in [1.165, 1.54) is 6.07 Å². The van der Waals surface area contributed by atoms with Crippen LogP contribution in [0.3, 0.4) is 0 Å². The van der Waals surface area contributed by atoms with Crippen molar-refractivity contribution >= 4 is 28.4 Å². The molecule has 4 nitrogen and oxygen atoms in total. The third-order valence-electron chi connectivity index (χ3n) is 2.84. The van der Waals surface area contributed by atoms with Crippen LogP contribution < -0.4 is 40.1 Å². The summed E-state index contributed by atoms with van der Waals surface area (Å²) in [5.74, 6) is -0.476. The number of carbonyl (C=O) groups excluding carboxylic acids is 1. The molecule has 0 N–H and O–H groups in total. The Hall–Kier alpha value is -1.46. The van der Waals surface area contributed by atoms with Gasteiger partial charge in [0.1, 0.15) is 11.3 Å². The van der Waals surface area contributed by atoms with E-state index < -0.39 is 11.3 Å². The van der Waals surface area contributed by atoms with Crippen molar-refractivity contribution in [1.29, 1.82) is 0 Å². The Morgan fingerprint density at radius 3 is 2.62 bits per heavy atom. The van der Waals surface area contributed by atoms with Crippen LogP contribution in [0.25, 0.3) is 11.0 Å². The minimum atomic E-state index is -0.631. The summed E-state index contributed by atoms with van der Waals surface area (Å²) in [6.07, 6.45) is 0. The monoisotopic (exact) mass is 306 g/mol. The van der Waals surface area contributed by atoms with Gasteiger partial charge in [-0.2, -0.15) is 0 Å². The summed E-state index contributed by atoms with van der Waals surface area (Å²) in [5.41, 5.74) is 0.483. The average molecular weight is 307 g/mol. The quantitative estimate of drug-likeness (QED) is 0.470. The molecule has 0 atom stereocenters. The topological polar surface area (TPSA) is 61.1 Å². The van der Waals surface area contributed by atoms with E-state index >= 15 is 0 Å². The molecule has 0 unspecified atom stereocenters. The van der Waals surface area contributed by atoms with Gasteiger partial charge in [0.25, 0.3) is 0 Å². The van der Waals surface area contributed by atoms with E-state index in [0.717, 1.165) is 0 Å². The number of rotatable bonds is 2. The summed E-state index contributed by atoms with van der Waals surface area (Å²) >= 11 is 5.84. The van der Waals surface area contributed by atoms with E-state index in [-0.39, 0.29) is 35.3 Å². The predicted molar refractivity (Wildman–Crippen MR) is 76.2 cm³/mol. The van der Waals surface area contributed by atoms with Crippen molar-refractivity contribution < 1.29 is 34.4 Å². The summed E-state index contributed by atoms with van der Waals surface area (Å²) in [5, 5.41) is 0.428. The van der Waals surface area contributed by atoms with Gasteiger partial charge in [0, 0.05) is 16.1 Å². The molecule has 0 aliphatic heterocycles. The van der Waals surface area contributed by atoms with E-state index in [1.807, 2.05) is 0 Å². The molecule has 0 aliphatic rings. The number of carbonyl (C=O) groups is 1.